The van der Waals surface area contributed by atoms with Crippen molar-refractivity contribution < 1.29 is 0 Å². The third kappa shape index (κ3) is 2.71. The SMILES string of the molecule is Cc1cc(C)c(-c2cnc(CNC3CC3)[nH]2)cc1C. The Labute approximate surface area is 114 Å². The molecule has 100 valence electrons. The molecule has 3 rings (SSSR count). The highest BCUT2D eigenvalue weighted by Crippen LogP contribution is 2.25. The number of aryl methyl sites for hydroxylation is 3. The molecule has 2 N–H and O–H groups in total. The molecule has 3 nitrogen and oxygen atoms in total. The van der Waals surface area contributed by atoms with Gasteiger partial charge in [0.25, 0.3) is 0 Å². The number of aromatic amines is 1. The number of rotatable bonds is 4. The molecular weight excluding hydrogens is 234 g/mol. The van der Waals surface area contributed by atoms with Gasteiger partial charge in [0.15, 0.2) is 0 Å². The standard InChI is InChI=1S/C16H21N3/c1-10-6-12(3)14(7-11(10)2)15-8-18-16(19-15)9-17-13-4-5-13/h6-8,13,17H,4-5,9H2,1-3H3,(H,18,19). The number of benzene rings is 1. The molecule has 1 aliphatic carbocycles. The first-order valence-electron chi connectivity index (χ1n) is 6.99. The summed E-state index contributed by atoms with van der Waals surface area (Å²) in [6.45, 7) is 7.31. The third-order valence-corrected chi connectivity index (χ3v) is 3.89. The van der Waals surface area contributed by atoms with Gasteiger partial charge in [-0.25, -0.2) is 4.98 Å². The van der Waals surface area contributed by atoms with E-state index in [-0.39, 0.29) is 0 Å². The molecule has 0 radical (unpaired) electrons. The Hall–Kier alpha value is -1.61. The van der Waals surface area contributed by atoms with E-state index >= 15 is 0 Å². The van der Waals surface area contributed by atoms with Crippen molar-refractivity contribution in [2.45, 2.75) is 46.2 Å². The maximum atomic E-state index is 4.47. The van der Waals surface area contributed by atoms with Gasteiger partial charge >= 0.3 is 0 Å². The third-order valence-electron chi connectivity index (χ3n) is 3.89. The lowest BCUT2D eigenvalue weighted by Crippen LogP contribution is -2.16. The molecule has 1 aliphatic rings. The van der Waals surface area contributed by atoms with E-state index in [1.54, 1.807) is 0 Å². The minimum Gasteiger partial charge on any atom is -0.341 e. The predicted octanol–water partition coefficient (Wildman–Crippen LogP) is 3.25. The van der Waals surface area contributed by atoms with Gasteiger partial charge in [-0.3, -0.25) is 0 Å². The van der Waals surface area contributed by atoms with Crippen LogP contribution in [0.5, 0.6) is 0 Å². The first-order chi connectivity index (χ1) is 9.13. The first-order valence-corrected chi connectivity index (χ1v) is 6.99. The summed E-state index contributed by atoms with van der Waals surface area (Å²) in [6.07, 6.45) is 4.56. The van der Waals surface area contributed by atoms with Crippen LogP contribution in [0.15, 0.2) is 18.3 Å². The Morgan fingerprint density at radius 3 is 2.63 bits per heavy atom. The summed E-state index contributed by atoms with van der Waals surface area (Å²) in [6, 6.07) is 5.21. The molecular formula is C16H21N3. The largest absolute Gasteiger partial charge is 0.341 e. The lowest BCUT2D eigenvalue weighted by atomic mass is 9.99. The van der Waals surface area contributed by atoms with E-state index in [0.29, 0.717) is 0 Å². The number of hydrogen-bond acceptors (Lipinski definition) is 2. The molecule has 0 bridgehead atoms. The number of nitrogens with one attached hydrogen (secondary N) is 2. The van der Waals surface area contributed by atoms with E-state index in [1.165, 1.54) is 35.1 Å². The molecule has 0 saturated heterocycles. The fourth-order valence-electron chi connectivity index (χ4n) is 2.37. The summed E-state index contributed by atoms with van der Waals surface area (Å²) in [5.74, 6) is 1.03. The topological polar surface area (TPSA) is 40.7 Å². The number of aromatic nitrogens is 2. The van der Waals surface area contributed by atoms with Gasteiger partial charge in [-0.15, -0.1) is 0 Å². The summed E-state index contributed by atoms with van der Waals surface area (Å²) in [7, 11) is 0. The summed E-state index contributed by atoms with van der Waals surface area (Å²) >= 11 is 0. The fourth-order valence-corrected chi connectivity index (χ4v) is 2.37. The Morgan fingerprint density at radius 2 is 1.89 bits per heavy atom. The predicted molar refractivity (Wildman–Crippen MR) is 78.1 cm³/mol. The molecule has 1 aromatic heterocycles. The van der Waals surface area contributed by atoms with Crippen LogP contribution < -0.4 is 5.32 Å². The van der Waals surface area contributed by atoms with E-state index in [9.17, 15) is 0 Å². The average Bonchev–Trinajstić information content (AvgIpc) is 3.09. The highest BCUT2D eigenvalue weighted by molar-refractivity contribution is 5.65. The van der Waals surface area contributed by atoms with Crippen LogP contribution >= 0.6 is 0 Å². The minimum absolute atomic E-state index is 0.719. The lowest BCUT2D eigenvalue weighted by Gasteiger charge is -2.08. The molecule has 2 aromatic rings. The zero-order chi connectivity index (χ0) is 13.4. The van der Waals surface area contributed by atoms with Crippen molar-refractivity contribution in [2.24, 2.45) is 0 Å². The van der Waals surface area contributed by atoms with E-state index in [0.717, 1.165) is 24.1 Å². The summed E-state index contributed by atoms with van der Waals surface area (Å²) in [5.41, 5.74) is 6.35. The van der Waals surface area contributed by atoms with Crippen LogP contribution in [0.25, 0.3) is 11.3 Å². The van der Waals surface area contributed by atoms with Crippen LogP contribution in [0.3, 0.4) is 0 Å². The van der Waals surface area contributed by atoms with Gasteiger partial charge in [-0.1, -0.05) is 6.07 Å². The van der Waals surface area contributed by atoms with Crippen molar-refractivity contribution in [2.75, 3.05) is 0 Å². The molecule has 19 heavy (non-hydrogen) atoms. The lowest BCUT2D eigenvalue weighted by molar-refractivity contribution is 0.664. The second kappa shape index (κ2) is 4.82. The molecule has 1 saturated carbocycles. The number of imidazole rings is 1. The van der Waals surface area contributed by atoms with Gasteiger partial charge in [-0.05, 0) is 56.4 Å². The fraction of sp³-hybridized carbons (Fsp3) is 0.438. The minimum atomic E-state index is 0.719. The molecule has 0 aliphatic heterocycles. The molecule has 0 unspecified atom stereocenters. The van der Waals surface area contributed by atoms with Crippen LogP contribution in [0.1, 0.15) is 35.4 Å². The van der Waals surface area contributed by atoms with Gasteiger partial charge in [-0.2, -0.15) is 0 Å². The van der Waals surface area contributed by atoms with Crippen molar-refractivity contribution >= 4 is 0 Å². The second-order valence-corrected chi connectivity index (χ2v) is 5.65. The maximum absolute atomic E-state index is 4.47. The summed E-state index contributed by atoms with van der Waals surface area (Å²) in [5, 5.41) is 3.48. The molecule has 0 atom stereocenters. The van der Waals surface area contributed by atoms with Crippen molar-refractivity contribution in [3.8, 4) is 11.3 Å². The van der Waals surface area contributed by atoms with Crippen molar-refractivity contribution in [1.82, 2.24) is 15.3 Å². The van der Waals surface area contributed by atoms with Crippen LogP contribution in [-0.2, 0) is 6.54 Å². The van der Waals surface area contributed by atoms with Crippen molar-refractivity contribution in [1.29, 1.82) is 0 Å². The van der Waals surface area contributed by atoms with Crippen LogP contribution in [0, 0.1) is 20.8 Å². The van der Waals surface area contributed by atoms with Gasteiger partial charge in [0.05, 0.1) is 18.4 Å². The monoisotopic (exact) mass is 255 g/mol. The molecule has 0 spiro atoms. The van der Waals surface area contributed by atoms with Gasteiger partial charge in [0, 0.05) is 11.6 Å². The van der Waals surface area contributed by atoms with Crippen LogP contribution in [0.2, 0.25) is 0 Å². The highest BCUT2D eigenvalue weighted by atomic mass is 15.0. The summed E-state index contributed by atoms with van der Waals surface area (Å²) in [4.78, 5) is 7.89. The molecule has 1 fully saturated rings. The zero-order valence-corrected chi connectivity index (χ0v) is 11.9. The van der Waals surface area contributed by atoms with Crippen LogP contribution in [0.4, 0.5) is 0 Å². The molecule has 3 heteroatoms. The van der Waals surface area contributed by atoms with Gasteiger partial charge < -0.3 is 10.3 Å². The molecule has 0 amide bonds. The molecule has 1 heterocycles. The molecule has 1 aromatic carbocycles. The zero-order valence-electron chi connectivity index (χ0n) is 11.9. The number of nitrogens with zero attached hydrogens (tertiary/aromatic N) is 1. The van der Waals surface area contributed by atoms with Crippen molar-refractivity contribution in [3.05, 3.63) is 40.8 Å². The van der Waals surface area contributed by atoms with E-state index in [2.05, 4.69) is 48.2 Å². The van der Waals surface area contributed by atoms with Gasteiger partial charge in [0.2, 0.25) is 0 Å². The van der Waals surface area contributed by atoms with Crippen LogP contribution in [-0.4, -0.2) is 16.0 Å². The number of hydrogen-bond donors (Lipinski definition) is 2. The average molecular weight is 255 g/mol. The van der Waals surface area contributed by atoms with E-state index < -0.39 is 0 Å². The first kappa shape index (κ1) is 12.4. The smallest absolute Gasteiger partial charge is 0.120 e. The second-order valence-electron chi connectivity index (χ2n) is 5.65. The normalized spacial score (nSPS) is 14.9. The Bertz CT molecular complexity index is 594. The number of H-pyrrole nitrogens is 1. The maximum Gasteiger partial charge on any atom is 0.120 e. The van der Waals surface area contributed by atoms with E-state index in [4.69, 9.17) is 0 Å². The van der Waals surface area contributed by atoms with E-state index in [1.807, 2.05) is 6.20 Å². The Morgan fingerprint density at radius 1 is 1.16 bits per heavy atom. The van der Waals surface area contributed by atoms with Gasteiger partial charge in [0.1, 0.15) is 5.82 Å². The van der Waals surface area contributed by atoms with Crippen molar-refractivity contribution in [3.63, 3.8) is 0 Å². The Kier molecular flexibility index (Phi) is 3.15. The highest BCUT2D eigenvalue weighted by Gasteiger charge is 2.20. The summed E-state index contributed by atoms with van der Waals surface area (Å²) < 4.78 is 0. The quantitative estimate of drug-likeness (QED) is 0.880. The Balaban J connectivity index is 1.83.